The number of nitrogens with one attached hydrogen (secondary N) is 2. The minimum Gasteiger partial charge on any atom is -0.508 e. The van der Waals surface area contributed by atoms with E-state index >= 15 is 0 Å². The number of hydrogen-bond donors (Lipinski definition) is 4. The van der Waals surface area contributed by atoms with Crippen molar-refractivity contribution in [3.63, 3.8) is 0 Å². The molecule has 2 amide bonds. The topological polar surface area (TPSA) is 170 Å². The molecule has 2 heterocycles. The average molecular weight is 801 g/mol. The Morgan fingerprint density at radius 2 is 1.57 bits per heavy atom. The molecule has 298 valence electrons. The molecule has 0 spiro atoms. The van der Waals surface area contributed by atoms with Crippen LogP contribution in [0.2, 0.25) is 0 Å². The predicted molar refractivity (Wildman–Crippen MR) is 218 cm³/mol. The number of aliphatic hydroxyl groups excluding tert-OH is 1. The van der Waals surface area contributed by atoms with Gasteiger partial charge in [-0.15, -0.1) is 5.10 Å². The maximum Gasteiger partial charge on any atom is 0.328 e. The lowest BCUT2D eigenvalue weighted by atomic mass is 9.91. The number of amides is 2. The Bertz CT molecular complexity index is 2270. The first-order valence-electron chi connectivity index (χ1n) is 18.8. The van der Waals surface area contributed by atoms with E-state index in [0.717, 1.165) is 44.6 Å². The van der Waals surface area contributed by atoms with E-state index < -0.39 is 24.3 Å². The van der Waals surface area contributed by atoms with Crippen LogP contribution in [-0.2, 0) is 38.6 Å². The van der Waals surface area contributed by atoms with Crippen LogP contribution in [0.15, 0.2) is 133 Å². The second kappa shape index (κ2) is 18.9. The number of phenols is 1. The third kappa shape index (κ3) is 9.90. The van der Waals surface area contributed by atoms with Crippen LogP contribution in [0.4, 0.5) is 4.79 Å². The molecular formula is C44H44N6O7S. The first kappa shape index (κ1) is 40.1. The Balaban J connectivity index is 1.03. The molecule has 0 aliphatic carbocycles. The molecule has 1 fully saturated rings. The summed E-state index contributed by atoms with van der Waals surface area (Å²) in [5.74, 6) is 0.129. The Kier molecular flexibility index (Phi) is 13.1. The number of aliphatic hydroxyl groups is 1. The molecule has 1 aliphatic rings. The average Bonchev–Trinajstić information content (AvgIpc) is 3.74. The fourth-order valence-electron chi connectivity index (χ4n) is 6.76. The number of nitrogens with zero attached hydrogens (tertiary/aromatic N) is 4. The van der Waals surface area contributed by atoms with Gasteiger partial charge in [-0.3, -0.25) is 0 Å². The standard InChI is InChI=1S/C44H44N6O7S/c1-28-39(27-58-44-47-48-49-50(44)36-19-21-37(52)22-20-36)56-42(57-40(28)33-13-11-30(26-51)12-14-33)34-17-15-32(16-18-34)35-10-6-9-31(23-35)25-45-43(54)46-38(41(53)55-2)24-29-7-4-3-5-8-29/h3-23,28,38-40,42,51-52H,24-27H2,1-2H3,(H2,45,46,54). The van der Waals surface area contributed by atoms with Crippen molar-refractivity contribution in [3.8, 4) is 22.6 Å². The van der Waals surface area contributed by atoms with Gasteiger partial charge < -0.3 is 35.1 Å². The van der Waals surface area contributed by atoms with E-state index in [1.165, 1.54) is 18.9 Å². The Hall–Kier alpha value is -6.06. The summed E-state index contributed by atoms with van der Waals surface area (Å²) in [6.07, 6.45) is -0.911. The molecule has 1 aromatic heterocycles. The van der Waals surface area contributed by atoms with Crippen molar-refractivity contribution < 1.29 is 34.0 Å². The minimum absolute atomic E-state index is 0.0458. The largest absolute Gasteiger partial charge is 0.508 e. The maximum atomic E-state index is 12.9. The van der Waals surface area contributed by atoms with Crippen molar-refractivity contribution in [1.82, 2.24) is 30.8 Å². The highest BCUT2D eigenvalue weighted by molar-refractivity contribution is 7.99. The molecular weight excluding hydrogens is 757 g/mol. The number of tetrazole rings is 1. The monoisotopic (exact) mass is 800 g/mol. The van der Waals surface area contributed by atoms with E-state index in [1.807, 2.05) is 103 Å². The molecule has 5 unspecified atom stereocenters. The Morgan fingerprint density at radius 3 is 2.29 bits per heavy atom. The highest BCUT2D eigenvalue weighted by atomic mass is 32.2. The first-order chi connectivity index (χ1) is 28.3. The summed E-state index contributed by atoms with van der Waals surface area (Å²) in [7, 11) is 1.30. The van der Waals surface area contributed by atoms with E-state index in [9.17, 15) is 19.8 Å². The second-order valence-electron chi connectivity index (χ2n) is 13.9. The van der Waals surface area contributed by atoms with Crippen molar-refractivity contribution in [2.24, 2.45) is 5.92 Å². The molecule has 7 rings (SSSR count). The van der Waals surface area contributed by atoms with Gasteiger partial charge in [-0.1, -0.05) is 116 Å². The zero-order valence-electron chi connectivity index (χ0n) is 32.0. The number of thioether (sulfide) groups is 1. The van der Waals surface area contributed by atoms with Crippen molar-refractivity contribution in [2.75, 3.05) is 12.9 Å². The summed E-state index contributed by atoms with van der Waals surface area (Å²) >= 11 is 1.48. The van der Waals surface area contributed by atoms with E-state index in [-0.39, 0.29) is 37.0 Å². The third-order valence-corrected chi connectivity index (χ3v) is 11.0. The molecule has 6 aromatic rings. The zero-order chi connectivity index (χ0) is 40.4. The number of ether oxygens (including phenoxy) is 3. The number of urea groups is 1. The SMILES string of the molecule is COC(=O)C(Cc1ccccc1)NC(=O)NCc1cccc(-c2ccc(C3OC(CSc4nnnn4-c4ccc(O)cc4)C(C)C(c4ccc(CO)cc4)O3)cc2)c1. The lowest BCUT2D eigenvalue weighted by Crippen LogP contribution is -2.47. The van der Waals surface area contributed by atoms with Crippen LogP contribution in [0.25, 0.3) is 16.8 Å². The van der Waals surface area contributed by atoms with E-state index in [1.54, 1.807) is 28.9 Å². The van der Waals surface area contributed by atoms with Crippen molar-refractivity contribution in [3.05, 3.63) is 155 Å². The normalized spacial score (nSPS) is 18.3. The minimum atomic E-state index is -0.829. The van der Waals surface area contributed by atoms with Crippen LogP contribution >= 0.6 is 11.8 Å². The fraction of sp³-hybridized carbons (Fsp3) is 0.250. The van der Waals surface area contributed by atoms with Crippen molar-refractivity contribution in [2.45, 2.75) is 56.2 Å². The van der Waals surface area contributed by atoms with Crippen LogP contribution in [-0.4, -0.2) is 67.4 Å². The quantitative estimate of drug-likeness (QED) is 0.0684. The summed E-state index contributed by atoms with van der Waals surface area (Å²) in [4.78, 5) is 25.3. The van der Waals surface area contributed by atoms with Gasteiger partial charge in [0.2, 0.25) is 5.16 Å². The third-order valence-electron chi connectivity index (χ3n) is 10.0. The van der Waals surface area contributed by atoms with Gasteiger partial charge in [0.15, 0.2) is 6.29 Å². The van der Waals surface area contributed by atoms with Gasteiger partial charge in [-0.25, -0.2) is 9.59 Å². The van der Waals surface area contributed by atoms with Gasteiger partial charge in [0.05, 0.1) is 31.6 Å². The number of methoxy groups -OCH3 is 1. The summed E-state index contributed by atoms with van der Waals surface area (Å²) in [6.45, 7) is 2.31. The van der Waals surface area contributed by atoms with Gasteiger partial charge >= 0.3 is 12.0 Å². The molecule has 0 bridgehead atoms. The summed E-state index contributed by atoms with van der Waals surface area (Å²) < 4.78 is 19.9. The number of carbonyl (C=O) groups excluding carboxylic acids is 2. The summed E-state index contributed by atoms with van der Waals surface area (Å²) in [5.41, 5.74) is 7.09. The number of aromatic hydroxyl groups is 1. The van der Waals surface area contributed by atoms with Crippen LogP contribution in [0.1, 0.15) is 47.1 Å². The number of rotatable bonds is 14. The number of phenolic OH excluding ortho intramolecular Hbond substituents is 1. The lowest BCUT2D eigenvalue weighted by Gasteiger charge is -2.41. The molecule has 5 atom stereocenters. The zero-order valence-corrected chi connectivity index (χ0v) is 32.8. The number of benzene rings is 5. The van der Waals surface area contributed by atoms with Gasteiger partial charge in [0.1, 0.15) is 11.8 Å². The van der Waals surface area contributed by atoms with Crippen LogP contribution in [0.3, 0.4) is 0 Å². The fourth-order valence-corrected chi connectivity index (χ4v) is 7.82. The second-order valence-corrected chi connectivity index (χ2v) is 14.9. The molecule has 0 radical (unpaired) electrons. The molecule has 1 saturated heterocycles. The number of hydrogen-bond acceptors (Lipinski definition) is 11. The molecule has 5 aromatic carbocycles. The molecule has 13 nitrogen and oxygen atoms in total. The first-order valence-corrected chi connectivity index (χ1v) is 19.8. The predicted octanol–water partition coefficient (Wildman–Crippen LogP) is 6.69. The smallest absolute Gasteiger partial charge is 0.328 e. The highest BCUT2D eigenvalue weighted by Gasteiger charge is 2.38. The number of carbonyl (C=O) groups is 2. The molecule has 14 heteroatoms. The van der Waals surface area contributed by atoms with Crippen molar-refractivity contribution in [1.29, 1.82) is 0 Å². The Morgan fingerprint density at radius 1 is 0.845 bits per heavy atom. The Labute approximate surface area is 340 Å². The molecule has 0 saturated carbocycles. The van der Waals surface area contributed by atoms with Crippen LogP contribution in [0.5, 0.6) is 5.75 Å². The molecule has 58 heavy (non-hydrogen) atoms. The van der Waals surface area contributed by atoms with E-state index in [0.29, 0.717) is 17.3 Å². The van der Waals surface area contributed by atoms with Crippen molar-refractivity contribution >= 4 is 23.8 Å². The van der Waals surface area contributed by atoms with Crippen LogP contribution < -0.4 is 10.6 Å². The van der Waals surface area contributed by atoms with E-state index in [4.69, 9.17) is 14.2 Å². The van der Waals surface area contributed by atoms with Gasteiger partial charge in [-0.05, 0) is 74.1 Å². The molecule has 1 aliphatic heterocycles. The van der Waals surface area contributed by atoms with Gasteiger partial charge in [0, 0.05) is 30.2 Å². The van der Waals surface area contributed by atoms with Gasteiger partial charge in [0.25, 0.3) is 0 Å². The summed E-state index contributed by atoms with van der Waals surface area (Å²) in [6, 6.07) is 38.5. The summed E-state index contributed by atoms with van der Waals surface area (Å²) in [5, 5.41) is 37.9. The number of esters is 1. The van der Waals surface area contributed by atoms with E-state index in [2.05, 4.69) is 33.1 Å². The van der Waals surface area contributed by atoms with Gasteiger partial charge in [-0.2, -0.15) is 4.68 Å². The van der Waals surface area contributed by atoms with Crippen LogP contribution in [0, 0.1) is 5.92 Å². The maximum absolute atomic E-state index is 12.9. The lowest BCUT2D eigenvalue weighted by molar-refractivity contribution is -0.268. The molecule has 4 N–H and O–H groups in total. The highest BCUT2D eigenvalue weighted by Crippen LogP contribution is 2.43. The number of aromatic nitrogens is 4.